The van der Waals surface area contributed by atoms with Crippen LogP contribution in [-0.2, 0) is 18.3 Å². The fourth-order valence-corrected chi connectivity index (χ4v) is 2.55. The predicted molar refractivity (Wildman–Crippen MR) is 81.2 cm³/mol. The standard InChI is InChI=1S/C14H21N5O2/c1-8-10(4-5-11(20)16-7-6-15)9(2)17-13-12(8)14(21)18-19(13)3/h4-7,15H2,1-3H3,(H,16,20)(H,18,21). The fraction of sp³-hybridized carbons (Fsp3) is 0.500. The maximum Gasteiger partial charge on any atom is 0.273 e. The SMILES string of the molecule is Cc1nc2c(c(C)c1CCC(=O)NCCN)c(=O)[nH]n2C. The largest absolute Gasteiger partial charge is 0.355 e. The van der Waals surface area contributed by atoms with Crippen LogP contribution in [0.15, 0.2) is 4.79 Å². The number of aromatic nitrogens is 3. The lowest BCUT2D eigenvalue weighted by Gasteiger charge is -2.10. The van der Waals surface area contributed by atoms with Gasteiger partial charge in [0, 0.05) is 32.3 Å². The minimum atomic E-state index is -0.147. The van der Waals surface area contributed by atoms with Crippen molar-refractivity contribution < 1.29 is 4.79 Å². The lowest BCUT2D eigenvalue weighted by Crippen LogP contribution is -2.29. The molecule has 2 heterocycles. The van der Waals surface area contributed by atoms with Crippen molar-refractivity contribution in [2.45, 2.75) is 26.7 Å². The second-order valence-electron chi connectivity index (χ2n) is 5.14. The molecule has 0 unspecified atom stereocenters. The van der Waals surface area contributed by atoms with E-state index in [9.17, 15) is 9.59 Å². The van der Waals surface area contributed by atoms with Crippen LogP contribution in [-0.4, -0.2) is 33.8 Å². The van der Waals surface area contributed by atoms with E-state index in [1.807, 2.05) is 13.8 Å². The van der Waals surface area contributed by atoms with Gasteiger partial charge in [-0.2, -0.15) is 0 Å². The molecule has 7 nitrogen and oxygen atoms in total. The molecular formula is C14H21N5O2. The zero-order valence-corrected chi connectivity index (χ0v) is 12.6. The van der Waals surface area contributed by atoms with E-state index in [-0.39, 0.29) is 11.5 Å². The summed E-state index contributed by atoms with van der Waals surface area (Å²) in [5.74, 6) is -0.0404. The summed E-state index contributed by atoms with van der Waals surface area (Å²) in [5, 5.41) is 6.04. The molecule has 2 rings (SSSR count). The molecular weight excluding hydrogens is 270 g/mol. The van der Waals surface area contributed by atoms with Crippen LogP contribution in [0.25, 0.3) is 11.0 Å². The maximum absolute atomic E-state index is 12.0. The van der Waals surface area contributed by atoms with Gasteiger partial charge in [0.05, 0.1) is 5.39 Å². The summed E-state index contributed by atoms with van der Waals surface area (Å²) in [5.41, 5.74) is 8.55. The molecule has 21 heavy (non-hydrogen) atoms. The highest BCUT2D eigenvalue weighted by molar-refractivity contribution is 5.81. The van der Waals surface area contributed by atoms with Gasteiger partial charge in [-0.3, -0.25) is 19.4 Å². The van der Waals surface area contributed by atoms with Crippen molar-refractivity contribution >= 4 is 16.9 Å². The molecule has 0 radical (unpaired) electrons. The van der Waals surface area contributed by atoms with E-state index in [1.165, 1.54) is 0 Å². The van der Waals surface area contributed by atoms with E-state index in [2.05, 4.69) is 15.4 Å². The van der Waals surface area contributed by atoms with Crippen molar-refractivity contribution in [3.05, 3.63) is 27.2 Å². The van der Waals surface area contributed by atoms with Crippen LogP contribution < -0.4 is 16.6 Å². The topological polar surface area (TPSA) is 106 Å². The van der Waals surface area contributed by atoms with Crippen molar-refractivity contribution in [2.75, 3.05) is 13.1 Å². The van der Waals surface area contributed by atoms with Crippen molar-refractivity contribution in [1.82, 2.24) is 20.1 Å². The average Bonchev–Trinajstić information content (AvgIpc) is 2.71. The first kappa shape index (κ1) is 15.2. The Bertz CT molecular complexity index is 729. The van der Waals surface area contributed by atoms with E-state index < -0.39 is 0 Å². The highest BCUT2D eigenvalue weighted by atomic mass is 16.1. The lowest BCUT2D eigenvalue weighted by atomic mass is 10.0. The van der Waals surface area contributed by atoms with Gasteiger partial charge in [0.25, 0.3) is 5.56 Å². The number of carbonyl (C=O) groups excluding carboxylic acids is 1. The number of nitrogens with one attached hydrogen (secondary N) is 2. The van der Waals surface area contributed by atoms with Crippen molar-refractivity contribution in [1.29, 1.82) is 0 Å². The molecule has 2 aromatic rings. The average molecular weight is 291 g/mol. The van der Waals surface area contributed by atoms with Gasteiger partial charge in [-0.15, -0.1) is 0 Å². The van der Waals surface area contributed by atoms with Gasteiger partial charge in [-0.25, -0.2) is 4.98 Å². The molecule has 0 saturated carbocycles. The van der Waals surface area contributed by atoms with E-state index in [0.717, 1.165) is 16.8 Å². The summed E-state index contributed by atoms with van der Waals surface area (Å²) in [6.07, 6.45) is 0.922. The molecule has 0 atom stereocenters. The summed E-state index contributed by atoms with van der Waals surface area (Å²) in [6, 6.07) is 0. The molecule has 0 aliphatic rings. The number of hydrogen-bond acceptors (Lipinski definition) is 4. The lowest BCUT2D eigenvalue weighted by molar-refractivity contribution is -0.120. The molecule has 114 valence electrons. The van der Waals surface area contributed by atoms with Crippen LogP contribution in [0.1, 0.15) is 23.2 Å². The Hall–Kier alpha value is -2.15. The van der Waals surface area contributed by atoms with E-state index in [1.54, 1.807) is 11.7 Å². The van der Waals surface area contributed by atoms with Crippen molar-refractivity contribution in [3.63, 3.8) is 0 Å². The van der Waals surface area contributed by atoms with Gasteiger partial charge >= 0.3 is 0 Å². The molecule has 0 aromatic carbocycles. The number of aryl methyl sites for hydroxylation is 3. The van der Waals surface area contributed by atoms with Gasteiger partial charge in [-0.1, -0.05) is 0 Å². The molecule has 4 N–H and O–H groups in total. The highest BCUT2D eigenvalue weighted by Crippen LogP contribution is 2.20. The summed E-state index contributed by atoms with van der Waals surface area (Å²) >= 11 is 0. The first-order valence-electron chi connectivity index (χ1n) is 6.97. The zero-order chi connectivity index (χ0) is 15.6. The minimum Gasteiger partial charge on any atom is -0.355 e. The summed E-state index contributed by atoms with van der Waals surface area (Å²) in [7, 11) is 1.76. The Morgan fingerprint density at radius 3 is 2.81 bits per heavy atom. The third-order valence-corrected chi connectivity index (χ3v) is 3.64. The molecule has 0 fully saturated rings. The number of nitrogens with two attached hydrogens (primary N) is 1. The Labute approximate surface area is 122 Å². The van der Waals surface area contributed by atoms with Gasteiger partial charge in [0.15, 0.2) is 5.65 Å². The summed E-state index contributed by atoms with van der Waals surface area (Å²) in [6.45, 7) is 4.71. The summed E-state index contributed by atoms with van der Waals surface area (Å²) in [4.78, 5) is 28.1. The van der Waals surface area contributed by atoms with E-state index >= 15 is 0 Å². The molecule has 0 aliphatic carbocycles. The van der Waals surface area contributed by atoms with Gasteiger partial charge in [0.1, 0.15) is 0 Å². The Kier molecular flexibility index (Phi) is 4.42. The Morgan fingerprint density at radius 2 is 2.14 bits per heavy atom. The molecule has 2 aromatic heterocycles. The van der Waals surface area contributed by atoms with Crippen LogP contribution in [0.3, 0.4) is 0 Å². The number of amides is 1. The second-order valence-corrected chi connectivity index (χ2v) is 5.14. The number of pyridine rings is 1. The third-order valence-electron chi connectivity index (χ3n) is 3.64. The monoisotopic (exact) mass is 291 g/mol. The number of H-pyrrole nitrogens is 1. The van der Waals surface area contributed by atoms with Crippen LogP contribution in [0, 0.1) is 13.8 Å². The molecule has 0 saturated heterocycles. The quantitative estimate of drug-likeness (QED) is 0.714. The van der Waals surface area contributed by atoms with E-state index in [0.29, 0.717) is 37.0 Å². The number of fused-ring (bicyclic) bond motifs is 1. The Morgan fingerprint density at radius 1 is 1.43 bits per heavy atom. The van der Waals surface area contributed by atoms with Crippen LogP contribution in [0.4, 0.5) is 0 Å². The fourth-order valence-electron chi connectivity index (χ4n) is 2.55. The molecule has 0 bridgehead atoms. The van der Waals surface area contributed by atoms with Gasteiger partial charge in [0.2, 0.25) is 5.91 Å². The molecule has 0 spiro atoms. The Balaban J connectivity index is 2.30. The number of aromatic amines is 1. The zero-order valence-electron chi connectivity index (χ0n) is 12.6. The third kappa shape index (κ3) is 2.97. The van der Waals surface area contributed by atoms with Crippen LogP contribution in [0.2, 0.25) is 0 Å². The van der Waals surface area contributed by atoms with Crippen LogP contribution in [0.5, 0.6) is 0 Å². The predicted octanol–water partition coefficient (Wildman–Crippen LogP) is -0.114. The number of carbonyl (C=O) groups is 1. The number of hydrogen-bond donors (Lipinski definition) is 3. The number of rotatable bonds is 5. The summed E-state index contributed by atoms with van der Waals surface area (Å²) < 4.78 is 1.62. The first-order valence-corrected chi connectivity index (χ1v) is 6.97. The number of nitrogens with zero attached hydrogens (tertiary/aromatic N) is 2. The highest BCUT2D eigenvalue weighted by Gasteiger charge is 2.15. The molecule has 7 heteroatoms. The van der Waals surface area contributed by atoms with E-state index in [4.69, 9.17) is 5.73 Å². The van der Waals surface area contributed by atoms with Gasteiger partial charge < -0.3 is 11.1 Å². The molecule has 0 aliphatic heterocycles. The normalized spacial score (nSPS) is 11.0. The minimum absolute atomic E-state index is 0.0404. The first-order chi connectivity index (χ1) is 9.95. The van der Waals surface area contributed by atoms with Crippen LogP contribution >= 0.6 is 0 Å². The molecule has 1 amide bonds. The van der Waals surface area contributed by atoms with Crippen molar-refractivity contribution in [2.24, 2.45) is 12.8 Å². The second kappa shape index (κ2) is 6.09. The smallest absolute Gasteiger partial charge is 0.273 e. The van der Waals surface area contributed by atoms with Crippen molar-refractivity contribution in [3.8, 4) is 0 Å². The maximum atomic E-state index is 12.0. The van der Waals surface area contributed by atoms with Gasteiger partial charge in [-0.05, 0) is 31.4 Å².